The molecule has 0 atom stereocenters. The molecule has 1 aromatic heterocycles. The van der Waals surface area contributed by atoms with Crippen molar-refractivity contribution < 1.29 is 19.5 Å². The van der Waals surface area contributed by atoms with E-state index in [4.69, 9.17) is 16.7 Å². The molecule has 94 valence electrons. The number of urea groups is 1. The first kappa shape index (κ1) is 12.6. The predicted molar refractivity (Wildman–Crippen MR) is 65.2 cm³/mol. The van der Waals surface area contributed by atoms with Crippen molar-refractivity contribution in [2.75, 3.05) is 6.54 Å². The molecule has 2 N–H and O–H groups in total. The molecule has 2 heterocycles. The highest BCUT2D eigenvalue weighted by atomic mass is 35.5. The van der Waals surface area contributed by atoms with Crippen molar-refractivity contribution in [2.45, 2.75) is 0 Å². The molecule has 1 aliphatic heterocycles. The zero-order chi connectivity index (χ0) is 13.3. The second-order valence-corrected chi connectivity index (χ2v) is 5.16. The summed E-state index contributed by atoms with van der Waals surface area (Å²) in [5.41, 5.74) is 0.0415. The van der Waals surface area contributed by atoms with Crippen LogP contribution in [0.25, 0.3) is 6.08 Å². The first-order valence-corrected chi connectivity index (χ1v) is 5.98. The number of carboxylic acid groups (broad SMARTS) is 1. The Labute approximate surface area is 110 Å². The second kappa shape index (κ2) is 4.79. The molecule has 0 radical (unpaired) electrons. The Bertz CT molecular complexity index is 566. The third kappa shape index (κ3) is 2.52. The number of carbonyl (C=O) groups is 3. The van der Waals surface area contributed by atoms with Gasteiger partial charge in [-0.2, -0.15) is 0 Å². The van der Waals surface area contributed by atoms with Crippen LogP contribution in [-0.2, 0) is 9.59 Å². The number of nitrogens with one attached hydrogen (secondary N) is 1. The van der Waals surface area contributed by atoms with Gasteiger partial charge in [0.15, 0.2) is 0 Å². The van der Waals surface area contributed by atoms with Crippen molar-refractivity contribution in [1.29, 1.82) is 0 Å². The highest BCUT2D eigenvalue weighted by Gasteiger charge is 2.34. The summed E-state index contributed by atoms with van der Waals surface area (Å²) in [5, 5.41) is 10.9. The van der Waals surface area contributed by atoms with Crippen LogP contribution in [0.2, 0.25) is 4.34 Å². The monoisotopic (exact) mass is 286 g/mol. The number of amides is 3. The Hall–Kier alpha value is -1.86. The maximum atomic E-state index is 11.7. The standard InChI is InChI=1S/C10H7ClN2O4S/c11-7-2-1-5(18-7)3-6-9(16)13(4-8(14)15)10(17)12-6/h1-3H,4H2,(H,12,17)(H,14,15). The lowest BCUT2D eigenvalue weighted by atomic mass is 10.3. The van der Waals surface area contributed by atoms with Gasteiger partial charge in [-0.15, -0.1) is 11.3 Å². The zero-order valence-corrected chi connectivity index (χ0v) is 10.4. The van der Waals surface area contributed by atoms with Gasteiger partial charge in [0.05, 0.1) is 4.34 Å². The molecular formula is C10H7ClN2O4S. The summed E-state index contributed by atoms with van der Waals surface area (Å²) in [6.45, 7) is -0.660. The van der Waals surface area contributed by atoms with E-state index in [1.165, 1.54) is 17.4 Å². The second-order valence-electron chi connectivity index (χ2n) is 3.42. The molecular weight excluding hydrogens is 280 g/mol. The fourth-order valence-electron chi connectivity index (χ4n) is 1.40. The Morgan fingerprint density at radius 1 is 1.50 bits per heavy atom. The molecule has 0 bridgehead atoms. The lowest BCUT2D eigenvalue weighted by molar-refractivity contribution is -0.140. The van der Waals surface area contributed by atoms with Crippen LogP contribution in [0.1, 0.15) is 4.88 Å². The molecule has 1 aliphatic rings. The Morgan fingerprint density at radius 3 is 2.78 bits per heavy atom. The number of carbonyl (C=O) groups excluding carboxylic acids is 2. The van der Waals surface area contributed by atoms with Gasteiger partial charge in [0.25, 0.3) is 5.91 Å². The molecule has 1 saturated heterocycles. The van der Waals surface area contributed by atoms with Crippen LogP contribution in [0.15, 0.2) is 17.8 Å². The van der Waals surface area contributed by atoms with Crippen LogP contribution in [-0.4, -0.2) is 34.5 Å². The average Bonchev–Trinajstić information content (AvgIpc) is 2.78. The largest absolute Gasteiger partial charge is 0.480 e. The maximum absolute atomic E-state index is 11.7. The molecule has 6 nitrogen and oxygen atoms in total. The lowest BCUT2D eigenvalue weighted by Gasteiger charge is -2.06. The molecule has 3 amide bonds. The van der Waals surface area contributed by atoms with E-state index in [0.29, 0.717) is 14.1 Å². The van der Waals surface area contributed by atoms with Gasteiger partial charge in [-0.25, -0.2) is 9.69 Å². The Morgan fingerprint density at radius 2 is 2.22 bits per heavy atom. The lowest BCUT2D eigenvalue weighted by Crippen LogP contribution is -2.35. The van der Waals surface area contributed by atoms with Crippen molar-refractivity contribution in [3.8, 4) is 0 Å². The van der Waals surface area contributed by atoms with Crippen molar-refractivity contribution in [3.63, 3.8) is 0 Å². The fraction of sp³-hybridized carbons (Fsp3) is 0.100. The summed E-state index contributed by atoms with van der Waals surface area (Å²) >= 11 is 6.98. The van der Waals surface area contributed by atoms with E-state index in [9.17, 15) is 14.4 Å². The van der Waals surface area contributed by atoms with Gasteiger partial charge in [0, 0.05) is 4.88 Å². The van der Waals surface area contributed by atoms with Crippen LogP contribution >= 0.6 is 22.9 Å². The molecule has 0 saturated carbocycles. The third-order valence-corrected chi connectivity index (χ3v) is 3.31. The Balaban J connectivity index is 2.22. The van der Waals surface area contributed by atoms with Crippen LogP contribution in [0.4, 0.5) is 4.79 Å². The topological polar surface area (TPSA) is 86.7 Å². The molecule has 1 fully saturated rings. The number of carboxylic acids is 1. The van der Waals surface area contributed by atoms with Crippen LogP contribution in [0.3, 0.4) is 0 Å². The van der Waals surface area contributed by atoms with Gasteiger partial charge in [-0.05, 0) is 18.2 Å². The van der Waals surface area contributed by atoms with E-state index in [2.05, 4.69) is 5.32 Å². The number of halogens is 1. The number of nitrogens with zero attached hydrogens (tertiary/aromatic N) is 1. The molecule has 0 aliphatic carbocycles. The Kier molecular flexibility index (Phi) is 3.35. The van der Waals surface area contributed by atoms with E-state index < -0.39 is 24.5 Å². The van der Waals surface area contributed by atoms with Crippen molar-refractivity contribution in [2.24, 2.45) is 0 Å². The molecule has 0 spiro atoms. The van der Waals surface area contributed by atoms with Crippen LogP contribution in [0.5, 0.6) is 0 Å². The summed E-state index contributed by atoms with van der Waals surface area (Å²) in [7, 11) is 0. The minimum Gasteiger partial charge on any atom is -0.480 e. The molecule has 2 rings (SSSR count). The molecule has 0 unspecified atom stereocenters. The quantitative estimate of drug-likeness (QED) is 0.649. The zero-order valence-electron chi connectivity index (χ0n) is 8.84. The SMILES string of the molecule is O=C(O)CN1C(=O)NC(=Cc2ccc(Cl)s2)C1=O. The number of imide groups is 1. The number of aliphatic carboxylic acids is 1. The fourth-order valence-corrected chi connectivity index (χ4v) is 2.40. The van der Waals surface area contributed by atoms with Crippen molar-refractivity contribution in [3.05, 3.63) is 27.0 Å². The summed E-state index contributed by atoms with van der Waals surface area (Å²) in [5.74, 6) is -1.91. The first-order chi connectivity index (χ1) is 8.47. The van der Waals surface area contributed by atoms with Gasteiger partial charge >= 0.3 is 12.0 Å². The molecule has 0 aromatic carbocycles. The van der Waals surface area contributed by atoms with Gasteiger partial charge in [0.2, 0.25) is 0 Å². The molecule has 8 heteroatoms. The van der Waals surface area contributed by atoms with Crippen LogP contribution in [0, 0.1) is 0 Å². The van der Waals surface area contributed by atoms with E-state index in [0.717, 1.165) is 0 Å². The number of thiophene rings is 1. The average molecular weight is 287 g/mol. The third-order valence-electron chi connectivity index (χ3n) is 2.14. The predicted octanol–water partition coefficient (Wildman–Crippen LogP) is 1.38. The highest BCUT2D eigenvalue weighted by Crippen LogP contribution is 2.24. The summed E-state index contributed by atoms with van der Waals surface area (Å²) < 4.78 is 0.556. The highest BCUT2D eigenvalue weighted by molar-refractivity contribution is 7.17. The van der Waals surface area contributed by atoms with Gasteiger partial charge in [0.1, 0.15) is 12.2 Å². The maximum Gasteiger partial charge on any atom is 0.329 e. The number of hydrogen-bond acceptors (Lipinski definition) is 4. The van der Waals surface area contributed by atoms with Gasteiger partial charge < -0.3 is 10.4 Å². The smallest absolute Gasteiger partial charge is 0.329 e. The summed E-state index contributed by atoms with van der Waals surface area (Å²) in [6, 6.07) is 2.62. The van der Waals surface area contributed by atoms with E-state index in [-0.39, 0.29) is 5.70 Å². The minimum atomic E-state index is -1.25. The molecule has 18 heavy (non-hydrogen) atoms. The molecule has 1 aromatic rings. The van der Waals surface area contributed by atoms with Crippen LogP contribution < -0.4 is 5.32 Å². The van der Waals surface area contributed by atoms with Crippen molar-refractivity contribution >= 4 is 46.9 Å². The number of hydrogen-bond donors (Lipinski definition) is 2. The van der Waals surface area contributed by atoms with Gasteiger partial charge in [-0.1, -0.05) is 11.6 Å². The normalized spacial score (nSPS) is 17.4. The van der Waals surface area contributed by atoms with E-state index in [1.54, 1.807) is 12.1 Å². The first-order valence-electron chi connectivity index (χ1n) is 4.79. The summed E-state index contributed by atoms with van der Waals surface area (Å²) in [6.07, 6.45) is 1.46. The van der Waals surface area contributed by atoms with E-state index >= 15 is 0 Å². The summed E-state index contributed by atoms with van der Waals surface area (Å²) in [4.78, 5) is 35.0. The van der Waals surface area contributed by atoms with E-state index in [1.807, 2.05) is 0 Å². The van der Waals surface area contributed by atoms with Gasteiger partial charge in [-0.3, -0.25) is 9.59 Å². The van der Waals surface area contributed by atoms with Crippen molar-refractivity contribution in [1.82, 2.24) is 10.2 Å². The minimum absolute atomic E-state index is 0.0415. The number of rotatable bonds is 3.